The Kier molecular flexibility index (Phi) is 6.49. The van der Waals surface area contributed by atoms with Crippen LogP contribution in [0, 0.1) is 0 Å². The molecule has 21 heavy (non-hydrogen) atoms. The van der Waals surface area contributed by atoms with Crippen molar-refractivity contribution in [2.75, 3.05) is 6.54 Å². The molecular weight excluding hydrogens is 352 g/mol. The SMILES string of the molecule is CCCNCc1nc(OCc2ccccc2Br)ccc1Cl. The number of nitrogens with one attached hydrogen (secondary N) is 1. The maximum Gasteiger partial charge on any atom is 0.213 e. The second kappa shape index (κ2) is 8.37. The van der Waals surface area contributed by atoms with Crippen LogP contribution < -0.4 is 10.1 Å². The Morgan fingerprint density at radius 3 is 2.81 bits per heavy atom. The summed E-state index contributed by atoms with van der Waals surface area (Å²) in [6, 6.07) is 11.6. The van der Waals surface area contributed by atoms with Crippen LogP contribution in [0.1, 0.15) is 24.6 Å². The molecule has 0 saturated carbocycles. The lowest BCUT2D eigenvalue weighted by Gasteiger charge is -2.10. The van der Waals surface area contributed by atoms with E-state index in [-0.39, 0.29) is 0 Å². The summed E-state index contributed by atoms with van der Waals surface area (Å²) in [5, 5.41) is 3.95. The predicted molar refractivity (Wildman–Crippen MR) is 89.7 cm³/mol. The molecule has 2 rings (SSSR count). The van der Waals surface area contributed by atoms with Gasteiger partial charge in [0.15, 0.2) is 0 Å². The van der Waals surface area contributed by atoms with Crippen molar-refractivity contribution in [3.8, 4) is 5.88 Å². The minimum atomic E-state index is 0.470. The molecule has 1 heterocycles. The largest absolute Gasteiger partial charge is 0.473 e. The summed E-state index contributed by atoms with van der Waals surface area (Å²) in [7, 11) is 0. The van der Waals surface area contributed by atoms with Gasteiger partial charge < -0.3 is 10.1 Å². The number of benzene rings is 1. The molecule has 1 aromatic carbocycles. The molecule has 5 heteroatoms. The molecule has 0 unspecified atom stereocenters. The molecule has 0 radical (unpaired) electrons. The van der Waals surface area contributed by atoms with Gasteiger partial charge in [-0.2, -0.15) is 0 Å². The number of pyridine rings is 1. The molecule has 0 bridgehead atoms. The van der Waals surface area contributed by atoms with Crippen molar-refractivity contribution in [1.82, 2.24) is 10.3 Å². The van der Waals surface area contributed by atoms with Crippen LogP contribution in [0.3, 0.4) is 0 Å². The Balaban J connectivity index is 2.00. The summed E-state index contributed by atoms with van der Waals surface area (Å²) in [6.07, 6.45) is 1.08. The first-order chi connectivity index (χ1) is 10.2. The zero-order valence-electron chi connectivity index (χ0n) is 11.9. The fourth-order valence-corrected chi connectivity index (χ4v) is 2.39. The third-order valence-electron chi connectivity index (χ3n) is 2.95. The van der Waals surface area contributed by atoms with Crippen LogP contribution in [0.5, 0.6) is 5.88 Å². The Bertz CT molecular complexity index is 592. The summed E-state index contributed by atoms with van der Waals surface area (Å²) in [5.74, 6) is 0.587. The lowest BCUT2D eigenvalue weighted by molar-refractivity contribution is 0.292. The minimum absolute atomic E-state index is 0.470. The average molecular weight is 370 g/mol. The molecule has 1 N–H and O–H groups in total. The number of ether oxygens (including phenoxy) is 1. The van der Waals surface area contributed by atoms with Crippen LogP contribution in [-0.4, -0.2) is 11.5 Å². The van der Waals surface area contributed by atoms with Gasteiger partial charge in [-0.25, -0.2) is 4.98 Å². The third-order valence-corrected chi connectivity index (χ3v) is 4.06. The molecular formula is C16H18BrClN2O. The van der Waals surface area contributed by atoms with E-state index in [9.17, 15) is 0 Å². The summed E-state index contributed by atoms with van der Waals surface area (Å²) in [6.45, 7) is 4.19. The van der Waals surface area contributed by atoms with Crippen molar-refractivity contribution in [3.63, 3.8) is 0 Å². The molecule has 1 aromatic heterocycles. The number of hydrogen-bond acceptors (Lipinski definition) is 3. The number of rotatable bonds is 7. The van der Waals surface area contributed by atoms with Crippen molar-refractivity contribution in [2.45, 2.75) is 26.5 Å². The van der Waals surface area contributed by atoms with Crippen molar-refractivity contribution < 1.29 is 4.74 Å². The number of hydrogen-bond donors (Lipinski definition) is 1. The topological polar surface area (TPSA) is 34.2 Å². The molecule has 112 valence electrons. The van der Waals surface area contributed by atoms with Crippen LogP contribution in [0.4, 0.5) is 0 Å². The van der Waals surface area contributed by atoms with Crippen LogP contribution in [0.2, 0.25) is 5.02 Å². The minimum Gasteiger partial charge on any atom is -0.473 e. The van der Waals surface area contributed by atoms with Crippen molar-refractivity contribution >= 4 is 27.5 Å². The molecule has 2 aromatic rings. The van der Waals surface area contributed by atoms with Crippen LogP contribution >= 0.6 is 27.5 Å². The summed E-state index contributed by atoms with van der Waals surface area (Å²) < 4.78 is 6.78. The highest BCUT2D eigenvalue weighted by atomic mass is 79.9. The molecule has 0 atom stereocenters. The molecule has 3 nitrogen and oxygen atoms in total. The molecule has 0 fully saturated rings. The monoisotopic (exact) mass is 368 g/mol. The zero-order valence-corrected chi connectivity index (χ0v) is 14.2. The average Bonchev–Trinajstić information content (AvgIpc) is 2.49. The van der Waals surface area contributed by atoms with Gasteiger partial charge in [0.2, 0.25) is 5.88 Å². The van der Waals surface area contributed by atoms with E-state index in [1.807, 2.05) is 30.3 Å². The summed E-state index contributed by atoms with van der Waals surface area (Å²) in [5.41, 5.74) is 1.90. The molecule has 0 spiro atoms. The first-order valence-corrected chi connectivity index (χ1v) is 8.10. The van der Waals surface area contributed by atoms with E-state index in [4.69, 9.17) is 16.3 Å². The van der Waals surface area contributed by atoms with Gasteiger partial charge in [-0.15, -0.1) is 0 Å². The molecule has 0 aliphatic carbocycles. The predicted octanol–water partition coefficient (Wildman–Crippen LogP) is 4.58. The van der Waals surface area contributed by atoms with E-state index in [2.05, 4.69) is 33.2 Å². The first-order valence-electron chi connectivity index (χ1n) is 6.93. The van der Waals surface area contributed by atoms with Gasteiger partial charge in [0.05, 0.1) is 10.7 Å². The Labute approximate surface area is 138 Å². The standard InChI is InChI=1S/C16H18BrClN2O/c1-2-9-19-10-15-14(18)7-8-16(20-15)21-11-12-5-3-4-6-13(12)17/h3-8,19H,2,9-11H2,1H3. The van der Waals surface area contributed by atoms with Gasteiger partial charge in [-0.3, -0.25) is 0 Å². The maximum absolute atomic E-state index is 6.15. The van der Waals surface area contributed by atoms with Gasteiger partial charge in [0.1, 0.15) is 6.61 Å². The Hall–Kier alpha value is -1.10. The van der Waals surface area contributed by atoms with Crippen LogP contribution in [0.15, 0.2) is 40.9 Å². The van der Waals surface area contributed by atoms with Gasteiger partial charge in [-0.05, 0) is 25.1 Å². The van der Waals surface area contributed by atoms with Gasteiger partial charge in [-0.1, -0.05) is 52.7 Å². The summed E-state index contributed by atoms with van der Waals surface area (Å²) in [4.78, 5) is 4.46. The summed E-state index contributed by atoms with van der Waals surface area (Å²) >= 11 is 9.66. The van der Waals surface area contributed by atoms with E-state index in [0.29, 0.717) is 24.1 Å². The highest BCUT2D eigenvalue weighted by Gasteiger charge is 2.06. The second-order valence-electron chi connectivity index (χ2n) is 4.63. The lowest BCUT2D eigenvalue weighted by atomic mass is 10.2. The molecule has 0 aliphatic rings. The van der Waals surface area contributed by atoms with Crippen LogP contribution in [0.25, 0.3) is 0 Å². The number of halogens is 2. The molecule has 0 saturated heterocycles. The molecule has 0 amide bonds. The van der Waals surface area contributed by atoms with Gasteiger partial charge in [0, 0.05) is 22.6 Å². The highest BCUT2D eigenvalue weighted by molar-refractivity contribution is 9.10. The van der Waals surface area contributed by atoms with Crippen molar-refractivity contribution in [3.05, 3.63) is 57.2 Å². The van der Waals surface area contributed by atoms with Crippen molar-refractivity contribution in [1.29, 1.82) is 0 Å². The third kappa shape index (κ3) is 4.99. The highest BCUT2D eigenvalue weighted by Crippen LogP contribution is 2.21. The van der Waals surface area contributed by atoms with E-state index >= 15 is 0 Å². The van der Waals surface area contributed by atoms with Crippen molar-refractivity contribution in [2.24, 2.45) is 0 Å². The first kappa shape index (κ1) is 16.3. The van der Waals surface area contributed by atoms with Gasteiger partial charge >= 0.3 is 0 Å². The number of aromatic nitrogens is 1. The van der Waals surface area contributed by atoms with E-state index in [1.165, 1.54) is 0 Å². The quantitative estimate of drug-likeness (QED) is 0.726. The van der Waals surface area contributed by atoms with E-state index < -0.39 is 0 Å². The van der Waals surface area contributed by atoms with E-state index in [0.717, 1.165) is 28.7 Å². The maximum atomic E-state index is 6.15. The lowest BCUT2D eigenvalue weighted by Crippen LogP contribution is -2.15. The zero-order chi connectivity index (χ0) is 15.1. The normalized spacial score (nSPS) is 10.6. The Morgan fingerprint density at radius 1 is 1.24 bits per heavy atom. The second-order valence-corrected chi connectivity index (χ2v) is 5.90. The number of nitrogens with zero attached hydrogens (tertiary/aromatic N) is 1. The smallest absolute Gasteiger partial charge is 0.213 e. The molecule has 0 aliphatic heterocycles. The Morgan fingerprint density at radius 2 is 2.05 bits per heavy atom. The fourth-order valence-electron chi connectivity index (χ4n) is 1.82. The van der Waals surface area contributed by atoms with E-state index in [1.54, 1.807) is 6.07 Å². The van der Waals surface area contributed by atoms with Gasteiger partial charge in [0.25, 0.3) is 0 Å². The fraction of sp³-hybridized carbons (Fsp3) is 0.312. The van der Waals surface area contributed by atoms with Crippen LogP contribution in [-0.2, 0) is 13.2 Å².